The average Bonchev–Trinajstić information content (AvgIpc) is 3.15. The molecule has 2 aromatic carbocycles. The van der Waals surface area contributed by atoms with E-state index in [-0.39, 0.29) is 0 Å². The Bertz CT molecular complexity index is 829. The lowest BCUT2D eigenvalue weighted by Crippen LogP contribution is -2.31. The van der Waals surface area contributed by atoms with Gasteiger partial charge in [-0.2, -0.15) is 0 Å². The van der Waals surface area contributed by atoms with Crippen molar-refractivity contribution in [1.82, 2.24) is 5.32 Å². The standard InChI is InChI=1S/C22H26N3O/c1-16-3-5-18(6-4-16)22-15-21(17-11-13-23-14-12-17)24-25(22)19-7-9-20(26-2)10-8-19/h3-10,17,23H,11-15H2,1-2H3/q+1. The molecule has 0 saturated carbocycles. The molecule has 26 heavy (non-hydrogen) atoms. The van der Waals surface area contributed by atoms with Gasteiger partial charge < -0.3 is 10.1 Å². The summed E-state index contributed by atoms with van der Waals surface area (Å²) < 4.78 is 7.43. The summed E-state index contributed by atoms with van der Waals surface area (Å²) in [5, 5.41) is 8.52. The van der Waals surface area contributed by atoms with Crippen molar-refractivity contribution in [2.45, 2.75) is 26.2 Å². The van der Waals surface area contributed by atoms with Crippen LogP contribution in [0.4, 0.5) is 5.69 Å². The van der Waals surface area contributed by atoms with Crippen LogP contribution in [0.2, 0.25) is 0 Å². The van der Waals surface area contributed by atoms with Crippen molar-refractivity contribution in [3.63, 3.8) is 0 Å². The van der Waals surface area contributed by atoms with Gasteiger partial charge in [0.05, 0.1) is 19.2 Å². The molecule has 2 heterocycles. The van der Waals surface area contributed by atoms with Crippen molar-refractivity contribution in [3.05, 3.63) is 59.7 Å². The summed E-state index contributed by atoms with van der Waals surface area (Å²) in [7, 11) is 1.70. The Morgan fingerprint density at radius 3 is 2.35 bits per heavy atom. The number of piperidine rings is 1. The highest BCUT2D eigenvalue weighted by Crippen LogP contribution is 2.27. The molecule has 0 bridgehead atoms. The van der Waals surface area contributed by atoms with Crippen molar-refractivity contribution in [3.8, 4) is 5.75 Å². The van der Waals surface area contributed by atoms with Crippen LogP contribution in [0.15, 0.2) is 53.6 Å². The first kappa shape index (κ1) is 17.0. The van der Waals surface area contributed by atoms with Gasteiger partial charge in [-0.25, -0.2) is 0 Å². The molecule has 1 saturated heterocycles. The van der Waals surface area contributed by atoms with Crippen LogP contribution in [0.25, 0.3) is 0 Å². The summed E-state index contributed by atoms with van der Waals surface area (Å²) in [6.07, 6.45) is 3.28. The zero-order valence-corrected chi connectivity index (χ0v) is 15.5. The van der Waals surface area contributed by atoms with Crippen LogP contribution in [0.3, 0.4) is 0 Å². The lowest BCUT2D eigenvalue weighted by molar-refractivity contribution is -0.441. The summed E-state index contributed by atoms with van der Waals surface area (Å²) in [6, 6.07) is 16.9. The van der Waals surface area contributed by atoms with Gasteiger partial charge in [0.2, 0.25) is 11.4 Å². The van der Waals surface area contributed by atoms with E-state index >= 15 is 0 Å². The first-order chi connectivity index (χ1) is 12.7. The van der Waals surface area contributed by atoms with Crippen LogP contribution in [-0.2, 0) is 0 Å². The number of methoxy groups -OCH3 is 1. The van der Waals surface area contributed by atoms with Crippen LogP contribution in [0.1, 0.15) is 30.4 Å². The third kappa shape index (κ3) is 3.42. The molecule has 4 rings (SSSR count). The number of nitrogens with one attached hydrogen (secondary N) is 1. The fourth-order valence-electron chi connectivity index (χ4n) is 3.76. The second kappa shape index (κ2) is 7.42. The lowest BCUT2D eigenvalue weighted by atomic mass is 9.89. The van der Waals surface area contributed by atoms with E-state index in [1.807, 2.05) is 12.1 Å². The van der Waals surface area contributed by atoms with Gasteiger partial charge in [0.25, 0.3) is 0 Å². The molecule has 4 nitrogen and oxygen atoms in total. The molecule has 0 unspecified atom stereocenters. The van der Waals surface area contributed by atoms with Gasteiger partial charge in [-0.15, -0.1) is 0 Å². The summed E-state index contributed by atoms with van der Waals surface area (Å²) in [5.41, 5.74) is 6.20. The van der Waals surface area contributed by atoms with E-state index in [0.29, 0.717) is 5.92 Å². The predicted octanol–water partition coefficient (Wildman–Crippen LogP) is 3.90. The van der Waals surface area contributed by atoms with Crippen molar-refractivity contribution in [2.75, 3.05) is 20.2 Å². The molecule has 1 N–H and O–H groups in total. The zero-order chi connectivity index (χ0) is 17.9. The number of rotatable bonds is 4. The average molecular weight is 348 g/mol. The van der Waals surface area contributed by atoms with Gasteiger partial charge in [-0.05, 0) is 66.9 Å². The summed E-state index contributed by atoms with van der Waals surface area (Å²) in [5.74, 6) is 1.45. The fraction of sp³-hybridized carbons (Fsp3) is 0.364. The molecule has 134 valence electrons. The number of benzene rings is 2. The van der Waals surface area contributed by atoms with Crippen molar-refractivity contribution in [1.29, 1.82) is 0 Å². The summed E-state index contributed by atoms with van der Waals surface area (Å²) in [4.78, 5) is 0. The van der Waals surface area contributed by atoms with Gasteiger partial charge in [0.1, 0.15) is 5.75 Å². The molecule has 4 heteroatoms. The molecule has 2 aromatic rings. The SMILES string of the molecule is COc1ccc([N+]2=C(c3ccc(C)cc3)CC(C3CCNCC3)=N2)cc1. The van der Waals surface area contributed by atoms with Crippen molar-refractivity contribution >= 4 is 17.1 Å². The van der Waals surface area contributed by atoms with Crippen LogP contribution in [0, 0.1) is 12.8 Å². The molecular weight excluding hydrogens is 322 g/mol. The number of aryl methyl sites for hydroxylation is 1. The summed E-state index contributed by atoms with van der Waals surface area (Å²) in [6.45, 7) is 4.31. The Balaban J connectivity index is 1.72. The molecule has 1 fully saturated rings. The van der Waals surface area contributed by atoms with Crippen LogP contribution < -0.4 is 10.1 Å². The Morgan fingerprint density at radius 2 is 1.69 bits per heavy atom. The third-order valence-electron chi connectivity index (χ3n) is 5.34. The van der Waals surface area contributed by atoms with Crippen LogP contribution in [0.5, 0.6) is 5.75 Å². The first-order valence-electron chi connectivity index (χ1n) is 9.40. The highest BCUT2D eigenvalue weighted by molar-refractivity contribution is 6.12. The number of nitrogens with zero attached hydrogens (tertiary/aromatic N) is 2. The number of hydrogen-bond acceptors (Lipinski definition) is 3. The predicted molar refractivity (Wildman–Crippen MR) is 106 cm³/mol. The lowest BCUT2D eigenvalue weighted by Gasteiger charge is -2.20. The third-order valence-corrected chi connectivity index (χ3v) is 5.34. The minimum absolute atomic E-state index is 0.583. The highest BCUT2D eigenvalue weighted by Gasteiger charge is 2.34. The number of ether oxygens (including phenoxy) is 1. The molecule has 0 radical (unpaired) electrons. The molecule has 2 aliphatic heterocycles. The molecule has 0 aromatic heterocycles. The van der Waals surface area contributed by atoms with E-state index < -0.39 is 0 Å². The van der Waals surface area contributed by atoms with Crippen molar-refractivity contribution < 1.29 is 9.42 Å². The second-order valence-corrected chi connectivity index (χ2v) is 7.11. The number of hydrogen-bond donors (Lipinski definition) is 1. The first-order valence-corrected chi connectivity index (χ1v) is 9.40. The van der Waals surface area contributed by atoms with E-state index in [9.17, 15) is 0 Å². The normalized spacial score (nSPS) is 18.2. The Labute approximate surface area is 155 Å². The zero-order valence-electron chi connectivity index (χ0n) is 15.5. The topological polar surface area (TPSA) is 36.6 Å². The Morgan fingerprint density at radius 1 is 1.00 bits per heavy atom. The monoisotopic (exact) mass is 348 g/mol. The maximum Gasteiger partial charge on any atom is 0.238 e. The van der Waals surface area contributed by atoms with Crippen LogP contribution in [-0.4, -0.2) is 36.3 Å². The van der Waals surface area contributed by atoms with E-state index in [0.717, 1.165) is 30.9 Å². The van der Waals surface area contributed by atoms with Gasteiger partial charge >= 0.3 is 0 Å². The summed E-state index contributed by atoms with van der Waals surface area (Å²) >= 11 is 0. The van der Waals surface area contributed by atoms with E-state index in [1.54, 1.807) is 7.11 Å². The van der Waals surface area contributed by atoms with Gasteiger partial charge in [0.15, 0.2) is 0 Å². The molecule has 0 atom stereocenters. The van der Waals surface area contributed by atoms with E-state index in [1.165, 1.54) is 35.4 Å². The molecule has 0 amide bonds. The Hall–Kier alpha value is -2.46. The minimum atomic E-state index is 0.583. The highest BCUT2D eigenvalue weighted by atomic mass is 16.5. The number of hydrazone groups is 1. The van der Waals surface area contributed by atoms with Crippen molar-refractivity contribution in [2.24, 2.45) is 11.0 Å². The fourth-order valence-corrected chi connectivity index (χ4v) is 3.76. The largest absolute Gasteiger partial charge is 0.497 e. The second-order valence-electron chi connectivity index (χ2n) is 7.11. The Kier molecular flexibility index (Phi) is 4.85. The molecule has 0 aliphatic carbocycles. The van der Waals surface area contributed by atoms with Gasteiger partial charge in [0, 0.05) is 23.6 Å². The quantitative estimate of drug-likeness (QED) is 0.851. The van der Waals surface area contributed by atoms with E-state index in [2.05, 4.69) is 53.3 Å². The maximum atomic E-state index is 5.30. The molecular formula is C22H26N3O+. The molecule has 0 spiro atoms. The minimum Gasteiger partial charge on any atom is -0.497 e. The van der Waals surface area contributed by atoms with E-state index in [4.69, 9.17) is 9.84 Å². The van der Waals surface area contributed by atoms with Gasteiger partial charge in [-0.3, -0.25) is 0 Å². The van der Waals surface area contributed by atoms with Crippen LogP contribution >= 0.6 is 0 Å². The maximum absolute atomic E-state index is 5.30. The molecule has 2 aliphatic rings. The van der Waals surface area contributed by atoms with Gasteiger partial charge in [-0.1, -0.05) is 17.7 Å². The smallest absolute Gasteiger partial charge is 0.238 e.